The van der Waals surface area contributed by atoms with Crippen molar-refractivity contribution in [3.63, 3.8) is 0 Å². The minimum atomic E-state index is 0.603. The molecular weight excluding hydrogens is 1080 g/mol. The zero-order valence-corrected chi connectivity index (χ0v) is 57.8. The number of hydrogen-bond acceptors (Lipinski definition) is 0. The normalized spacial score (nSPS) is 18.6. The standard InChI is InChI=1S/C32H44.C31H42.C27H34/c1-3-5-7-8-10-12-27-13-15-29(16-14-27)17-18-30-21-25-32(26-22-30)31-23-19-28(20-24-31)11-9-6-4-2;1-3-5-7-9-11-26-12-14-28(15-13-26)16-17-29-20-24-31(25-21-29)30-22-18-27(19-23-30)10-8-6-4-2;1-3-4-5-6-7-23-14-18-26(19-15-23)27-20-16-25(17-21-27)13-12-24-10-8-22(2)9-11-24/h19-27,29H,3-16H2,1-2H3;18-26,28H,3-15H2,1-2H3;14-22,24H,3-11H2,1-2H3. The van der Waals surface area contributed by atoms with E-state index in [2.05, 4.69) is 223 Å². The molecule has 0 atom stereocenters. The fraction of sp³-hybridized carbons (Fsp3) is 0.533. The molecule has 3 aliphatic carbocycles. The summed E-state index contributed by atoms with van der Waals surface area (Å²) in [7, 11) is 0. The van der Waals surface area contributed by atoms with E-state index in [0.29, 0.717) is 17.8 Å². The van der Waals surface area contributed by atoms with Crippen molar-refractivity contribution in [2.24, 2.45) is 35.5 Å². The van der Waals surface area contributed by atoms with E-state index < -0.39 is 0 Å². The summed E-state index contributed by atoms with van der Waals surface area (Å²) in [6.45, 7) is 13.7. The highest BCUT2D eigenvalue weighted by Crippen LogP contribution is 2.34. The van der Waals surface area contributed by atoms with Crippen LogP contribution in [0.3, 0.4) is 0 Å². The largest absolute Gasteiger partial charge is 0.0945 e. The molecule has 6 aromatic rings. The quantitative estimate of drug-likeness (QED) is 0.0356. The summed E-state index contributed by atoms with van der Waals surface area (Å²) in [6.07, 6.45) is 48.3. The minimum absolute atomic E-state index is 0.603. The van der Waals surface area contributed by atoms with Gasteiger partial charge in [-0.05, 0) is 220 Å². The van der Waals surface area contributed by atoms with Gasteiger partial charge < -0.3 is 0 Å². The maximum atomic E-state index is 3.58. The summed E-state index contributed by atoms with van der Waals surface area (Å²) >= 11 is 0. The van der Waals surface area contributed by atoms with Gasteiger partial charge in [0.25, 0.3) is 0 Å². The first-order chi connectivity index (χ1) is 44.3. The van der Waals surface area contributed by atoms with E-state index in [4.69, 9.17) is 0 Å². The van der Waals surface area contributed by atoms with Gasteiger partial charge in [0, 0.05) is 34.4 Å². The Kier molecular flexibility index (Phi) is 34.1. The lowest BCUT2D eigenvalue weighted by atomic mass is 9.80. The van der Waals surface area contributed by atoms with Gasteiger partial charge in [0.15, 0.2) is 0 Å². The molecule has 6 aromatic carbocycles. The van der Waals surface area contributed by atoms with Gasteiger partial charge in [-0.1, -0.05) is 302 Å². The van der Waals surface area contributed by atoms with Crippen LogP contribution in [0.15, 0.2) is 146 Å². The highest BCUT2D eigenvalue weighted by atomic mass is 14.3. The van der Waals surface area contributed by atoms with E-state index in [1.54, 1.807) is 0 Å². The van der Waals surface area contributed by atoms with Crippen molar-refractivity contribution in [3.05, 3.63) is 179 Å². The Labute approximate surface area is 552 Å². The molecule has 0 saturated heterocycles. The van der Waals surface area contributed by atoms with Crippen LogP contribution < -0.4 is 0 Å². The molecule has 480 valence electrons. The van der Waals surface area contributed by atoms with Crippen LogP contribution in [0.2, 0.25) is 0 Å². The molecular formula is C90H120. The summed E-state index contributed by atoms with van der Waals surface area (Å²) < 4.78 is 0. The van der Waals surface area contributed by atoms with Crippen LogP contribution in [0.5, 0.6) is 0 Å². The van der Waals surface area contributed by atoms with Crippen molar-refractivity contribution in [2.75, 3.05) is 0 Å². The third-order valence-electron chi connectivity index (χ3n) is 20.1. The highest BCUT2D eigenvalue weighted by Gasteiger charge is 2.21. The fourth-order valence-electron chi connectivity index (χ4n) is 13.8. The Morgan fingerprint density at radius 3 is 0.789 bits per heavy atom. The van der Waals surface area contributed by atoms with Crippen LogP contribution in [-0.4, -0.2) is 0 Å². The molecule has 0 aromatic heterocycles. The Hall–Kier alpha value is -6.00. The van der Waals surface area contributed by atoms with E-state index in [9.17, 15) is 0 Å². The van der Waals surface area contributed by atoms with Crippen LogP contribution in [0.4, 0.5) is 0 Å². The average Bonchev–Trinajstić information content (AvgIpc) is 3.76. The second-order valence-corrected chi connectivity index (χ2v) is 27.8. The van der Waals surface area contributed by atoms with Crippen molar-refractivity contribution in [1.29, 1.82) is 0 Å². The molecule has 0 heteroatoms. The van der Waals surface area contributed by atoms with Crippen LogP contribution in [0.25, 0.3) is 33.4 Å². The van der Waals surface area contributed by atoms with Crippen molar-refractivity contribution in [1.82, 2.24) is 0 Å². The van der Waals surface area contributed by atoms with Gasteiger partial charge in [-0.15, -0.1) is 0 Å². The molecule has 0 N–H and O–H groups in total. The lowest BCUT2D eigenvalue weighted by Gasteiger charge is -2.25. The minimum Gasteiger partial charge on any atom is -0.0945 e. The Morgan fingerprint density at radius 1 is 0.256 bits per heavy atom. The predicted octanol–water partition coefficient (Wildman–Crippen LogP) is 26.5. The summed E-state index contributed by atoms with van der Waals surface area (Å²) in [4.78, 5) is 0. The Bertz CT molecular complexity index is 3000. The van der Waals surface area contributed by atoms with Gasteiger partial charge in [0.1, 0.15) is 0 Å². The second kappa shape index (κ2) is 42.9. The third kappa shape index (κ3) is 27.4. The van der Waals surface area contributed by atoms with Crippen LogP contribution in [0.1, 0.15) is 287 Å². The van der Waals surface area contributed by atoms with Crippen molar-refractivity contribution >= 4 is 0 Å². The summed E-state index contributed by atoms with van der Waals surface area (Å²) in [5.74, 6) is 25.6. The zero-order chi connectivity index (χ0) is 63.1. The average molecular weight is 1200 g/mol. The molecule has 3 aliphatic rings. The van der Waals surface area contributed by atoms with Gasteiger partial charge in [-0.2, -0.15) is 0 Å². The molecule has 0 heterocycles. The molecule has 0 aliphatic heterocycles. The Morgan fingerprint density at radius 2 is 0.489 bits per heavy atom. The molecule has 0 bridgehead atoms. The number of benzene rings is 6. The van der Waals surface area contributed by atoms with Crippen molar-refractivity contribution < 1.29 is 0 Å². The SMILES string of the molecule is CCCCCCC1CCC(C#Cc2ccc(-c3ccc(CCCCC)cc3)cc2)CC1.CCCCCCCC1CCC(C#Cc2ccc(-c3ccc(CCCCC)cc3)cc2)CC1.CCCCCCc1ccc(-c2ccc(C#CC3CCC(C)CC3)cc2)cc1. The van der Waals surface area contributed by atoms with Gasteiger partial charge in [-0.3, -0.25) is 0 Å². The zero-order valence-electron chi connectivity index (χ0n) is 57.8. The fourth-order valence-corrected chi connectivity index (χ4v) is 13.8. The molecule has 3 saturated carbocycles. The molecule has 9 rings (SSSR count). The number of aryl methyl sites for hydroxylation is 3. The smallest absolute Gasteiger partial charge is 0.0245 e. The maximum Gasteiger partial charge on any atom is 0.0245 e. The molecule has 0 unspecified atom stereocenters. The van der Waals surface area contributed by atoms with E-state index in [0.717, 1.165) is 34.4 Å². The number of rotatable bonds is 27. The first kappa shape index (κ1) is 71.4. The van der Waals surface area contributed by atoms with Gasteiger partial charge in [0.2, 0.25) is 0 Å². The van der Waals surface area contributed by atoms with Gasteiger partial charge >= 0.3 is 0 Å². The third-order valence-corrected chi connectivity index (χ3v) is 20.1. The maximum absolute atomic E-state index is 3.58. The number of hydrogen-bond donors (Lipinski definition) is 0. The topological polar surface area (TPSA) is 0 Å². The van der Waals surface area contributed by atoms with E-state index in [-0.39, 0.29) is 0 Å². The highest BCUT2D eigenvalue weighted by molar-refractivity contribution is 5.67. The van der Waals surface area contributed by atoms with Crippen LogP contribution in [-0.2, 0) is 19.3 Å². The molecule has 0 amide bonds. The Balaban J connectivity index is 0.000000193. The van der Waals surface area contributed by atoms with Crippen LogP contribution >= 0.6 is 0 Å². The molecule has 3 fully saturated rings. The monoisotopic (exact) mass is 1200 g/mol. The van der Waals surface area contributed by atoms with Crippen LogP contribution in [0, 0.1) is 71.0 Å². The summed E-state index contributed by atoms with van der Waals surface area (Å²) in [6, 6.07) is 53.8. The van der Waals surface area contributed by atoms with E-state index in [1.807, 2.05) is 0 Å². The van der Waals surface area contributed by atoms with Gasteiger partial charge in [-0.25, -0.2) is 0 Å². The summed E-state index contributed by atoms with van der Waals surface area (Å²) in [5, 5.41) is 0. The lowest BCUT2D eigenvalue weighted by molar-refractivity contribution is 0.294. The molecule has 0 nitrogen and oxygen atoms in total. The second-order valence-electron chi connectivity index (χ2n) is 27.8. The first-order valence-electron chi connectivity index (χ1n) is 37.4. The predicted molar refractivity (Wildman–Crippen MR) is 395 cm³/mol. The molecule has 0 radical (unpaired) electrons. The van der Waals surface area contributed by atoms with Crippen molar-refractivity contribution in [3.8, 4) is 68.9 Å². The molecule has 0 spiro atoms. The molecule has 90 heavy (non-hydrogen) atoms. The van der Waals surface area contributed by atoms with Gasteiger partial charge in [0.05, 0.1) is 0 Å². The van der Waals surface area contributed by atoms with Crippen molar-refractivity contribution in [2.45, 2.75) is 273 Å². The van der Waals surface area contributed by atoms with E-state index >= 15 is 0 Å². The summed E-state index contributed by atoms with van der Waals surface area (Å²) in [5.41, 5.74) is 15.6. The van der Waals surface area contributed by atoms with E-state index in [1.165, 1.54) is 281 Å². The lowest BCUT2D eigenvalue weighted by Crippen LogP contribution is -2.13. The number of unbranched alkanes of at least 4 members (excludes halogenated alkanes) is 14. The first-order valence-corrected chi connectivity index (χ1v) is 37.4.